The van der Waals surface area contributed by atoms with Crippen molar-refractivity contribution in [2.24, 2.45) is 11.7 Å². The van der Waals surface area contributed by atoms with Crippen molar-refractivity contribution in [1.29, 1.82) is 0 Å². The van der Waals surface area contributed by atoms with Crippen LogP contribution in [0.3, 0.4) is 0 Å². The first-order chi connectivity index (χ1) is 6.04. The third kappa shape index (κ3) is 1.40. The second kappa shape index (κ2) is 2.96. The van der Waals surface area contributed by atoms with E-state index in [0.29, 0.717) is 11.6 Å². The number of nitrogens with two attached hydrogens (primary N) is 1. The molecule has 0 aromatic carbocycles. The van der Waals surface area contributed by atoms with E-state index in [2.05, 4.69) is 25.7 Å². The van der Waals surface area contributed by atoms with Crippen LogP contribution in [0.4, 0.5) is 0 Å². The van der Waals surface area contributed by atoms with E-state index in [1.807, 2.05) is 0 Å². The second-order valence-electron chi connectivity index (χ2n) is 5.37. The van der Waals surface area contributed by atoms with Crippen molar-refractivity contribution in [1.82, 2.24) is 4.90 Å². The van der Waals surface area contributed by atoms with Crippen molar-refractivity contribution in [3.63, 3.8) is 0 Å². The maximum atomic E-state index is 6.04. The summed E-state index contributed by atoms with van der Waals surface area (Å²) in [6, 6.07) is 1.28. The standard InChI is InChI=1S/C11H22N2/c1-4-11(2,3)13-7-8-5-9(13)6-10(8)12/h8-10H,4-7,12H2,1-3H3. The fourth-order valence-electron chi connectivity index (χ4n) is 2.94. The Kier molecular flexibility index (Phi) is 2.16. The minimum atomic E-state index is 0.388. The second-order valence-corrected chi connectivity index (χ2v) is 5.37. The van der Waals surface area contributed by atoms with Gasteiger partial charge in [0.2, 0.25) is 0 Å². The first-order valence-corrected chi connectivity index (χ1v) is 5.57. The van der Waals surface area contributed by atoms with E-state index >= 15 is 0 Å². The molecule has 1 heterocycles. The lowest BCUT2D eigenvalue weighted by Gasteiger charge is -2.42. The van der Waals surface area contributed by atoms with Gasteiger partial charge < -0.3 is 5.73 Å². The normalized spacial score (nSPS) is 40.2. The summed E-state index contributed by atoms with van der Waals surface area (Å²) in [5.41, 5.74) is 6.43. The van der Waals surface area contributed by atoms with E-state index in [0.717, 1.165) is 12.0 Å². The third-order valence-electron chi connectivity index (χ3n) is 4.24. The van der Waals surface area contributed by atoms with Crippen molar-refractivity contribution in [3.05, 3.63) is 0 Å². The smallest absolute Gasteiger partial charge is 0.0153 e. The van der Waals surface area contributed by atoms with Gasteiger partial charge in [-0.25, -0.2) is 0 Å². The molecule has 2 nitrogen and oxygen atoms in total. The summed E-state index contributed by atoms with van der Waals surface area (Å²) in [5.74, 6) is 0.788. The Hall–Kier alpha value is -0.0800. The lowest BCUT2D eigenvalue weighted by molar-refractivity contribution is 0.0742. The Morgan fingerprint density at radius 1 is 1.38 bits per heavy atom. The van der Waals surface area contributed by atoms with Gasteiger partial charge in [-0.05, 0) is 39.0 Å². The van der Waals surface area contributed by atoms with Gasteiger partial charge in [-0.2, -0.15) is 0 Å². The van der Waals surface area contributed by atoms with Crippen LogP contribution in [0.25, 0.3) is 0 Å². The van der Waals surface area contributed by atoms with E-state index in [-0.39, 0.29) is 0 Å². The highest BCUT2D eigenvalue weighted by Gasteiger charge is 2.47. The Labute approximate surface area is 81.5 Å². The SMILES string of the molecule is CCC(C)(C)N1CC2CC1CC2N. The molecule has 2 N–H and O–H groups in total. The van der Waals surface area contributed by atoms with Gasteiger partial charge in [0.15, 0.2) is 0 Å². The molecule has 1 aliphatic heterocycles. The van der Waals surface area contributed by atoms with Crippen LogP contribution in [0.5, 0.6) is 0 Å². The Balaban J connectivity index is 2.06. The molecule has 2 aliphatic rings. The van der Waals surface area contributed by atoms with Crippen LogP contribution < -0.4 is 5.73 Å². The van der Waals surface area contributed by atoms with Crippen LogP contribution >= 0.6 is 0 Å². The summed E-state index contributed by atoms with van der Waals surface area (Å²) < 4.78 is 0. The molecule has 2 fully saturated rings. The molecule has 13 heavy (non-hydrogen) atoms. The van der Waals surface area contributed by atoms with Crippen molar-refractivity contribution in [3.8, 4) is 0 Å². The molecule has 2 bridgehead atoms. The number of fused-ring (bicyclic) bond motifs is 2. The molecule has 3 atom stereocenters. The van der Waals surface area contributed by atoms with Crippen LogP contribution in [0.1, 0.15) is 40.0 Å². The van der Waals surface area contributed by atoms with E-state index in [1.165, 1.54) is 25.8 Å². The minimum Gasteiger partial charge on any atom is -0.327 e. The molecular formula is C11H22N2. The van der Waals surface area contributed by atoms with Crippen molar-refractivity contribution in [2.45, 2.75) is 57.7 Å². The zero-order valence-corrected chi connectivity index (χ0v) is 9.09. The van der Waals surface area contributed by atoms with Crippen LogP contribution in [0.15, 0.2) is 0 Å². The van der Waals surface area contributed by atoms with E-state index in [9.17, 15) is 0 Å². The van der Waals surface area contributed by atoms with E-state index < -0.39 is 0 Å². The first kappa shape index (κ1) is 9.47. The lowest BCUT2D eigenvalue weighted by Crippen LogP contribution is -2.51. The molecule has 3 unspecified atom stereocenters. The fourth-order valence-corrected chi connectivity index (χ4v) is 2.94. The molecule has 1 saturated carbocycles. The summed E-state index contributed by atoms with van der Waals surface area (Å²) in [6.07, 6.45) is 3.82. The molecule has 0 radical (unpaired) electrons. The van der Waals surface area contributed by atoms with Crippen LogP contribution in [-0.2, 0) is 0 Å². The van der Waals surface area contributed by atoms with Crippen molar-refractivity contribution in [2.75, 3.05) is 6.54 Å². The Morgan fingerprint density at radius 3 is 2.46 bits per heavy atom. The molecule has 1 aliphatic carbocycles. The fraction of sp³-hybridized carbons (Fsp3) is 1.00. The highest BCUT2D eigenvalue weighted by Crippen LogP contribution is 2.41. The Bertz CT molecular complexity index is 198. The number of hydrogen-bond donors (Lipinski definition) is 1. The van der Waals surface area contributed by atoms with Gasteiger partial charge in [0.05, 0.1) is 0 Å². The maximum Gasteiger partial charge on any atom is 0.0153 e. The molecule has 0 amide bonds. The topological polar surface area (TPSA) is 29.3 Å². The molecular weight excluding hydrogens is 160 g/mol. The average Bonchev–Trinajstić information content (AvgIpc) is 2.62. The summed E-state index contributed by atoms with van der Waals surface area (Å²) in [5, 5.41) is 0. The Morgan fingerprint density at radius 2 is 2.08 bits per heavy atom. The molecule has 1 saturated heterocycles. The van der Waals surface area contributed by atoms with Crippen LogP contribution in [0, 0.1) is 5.92 Å². The van der Waals surface area contributed by atoms with Crippen LogP contribution in [-0.4, -0.2) is 29.1 Å². The zero-order valence-electron chi connectivity index (χ0n) is 9.09. The van der Waals surface area contributed by atoms with Crippen molar-refractivity contribution >= 4 is 0 Å². The summed E-state index contributed by atoms with van der Waals surface area (Å²) in [6.45, 7) is 8.25. The first-order valence-electron chi connectivity index (χ1n) is 5.57. The van der Waals surface area contributed by atoms with E-state index in [4.69, 9.17) is 5.73 Å². The number of rotatable bonds is 2. The highest BCUT2D eigenvalue weighted by atomic mass is 15.3. The minimum absolute atomic E-state index is 0.388. The van der Waals surface area contributed by atoms with Gasteiger partial charge in [0.25, 0.3) is 0 Å². The van der Waals surface area contributed by atoms with Gasteiger partial charge in [-0.1, -0.05) is 6.92 Å². The number of piperidine rings is 1. The number of hydrogen-bond acceptors (Lipinski definition) is 2. The average molecular weight is 182 g/mol. The van der Waals surface area contributed by atoms with Crippen molar-refractivity contribution < 1.29 is 0 Å². The number of nitrogens with zero attached hydrogens (tertiary/aromatic N) is 1. The molecule has 0 aromatic rings. The molecule has 2 heteroatoms. The van der Waals surface area contributed by atoms with Gasteiger partial charge in [-0.3, -0.25) is 4.90 Å². The quantitative estimate of drug-likeness (QED) is 0.703. The molecule has 2 rings (SSSR count). The lowest BCUT2D eigenvalue weighted by atomic mass is 9.94. The van der Waals surface area contributed by atoms with Crippen LogP contribution in [0.2, 0.25) is 0 Å². The zero-order chi connectivity index (χ0) is 9.64. The monoisotopic (exact) mass is 182 g/mol. The third-order valence-corrected chi connectivity index (χ3v) is 4.24. The number of likely N-dealkylation sites (tertiary alicyclic amines) is 1. The summed E-state index contributed by atoms with van der Waals surface area (Å²) in [4.78, 5) is 2.68. The maximum absolute atomic E-state index is 6.04. The van der Waals surface area contributed by atoms with E-state index in [1.54, 1.807) is 0 Å². The molecule has 0 aromatic heterocycles. The van der Waals surface area contributed by atoms with Gasteiger partial charge >= 0.3 is 0 Å². The predicted octanol–water partition coefficient (Wildman–Crippen LogP) is 1.60. The largest absolute Gasteiger partial charge is 0.327 e. The summed E-state index contributed by atoms with van der Waals surface area (Å²) >= 11 is 0. The molecule has 76 valence electrons. The summed E-state index contributed by atoms with van der Waals surface area (Å²) in [7, 11) is 0. The van der Waals surface area contributed by atoms with Gasteiger partial charge in [-0.15, -0.1) is 0 Å². The van der Waals surface area contributed by atoms with Gasteiger partial charge in [0.1, 0.15) is 0 Å². The van der Waals surface area contributed by atoms with Gasteiger partial charge in [0, 0.05) is 24.2 Å². The molecule has 0 spiro atoms. The highest BCUT2D eigenvalue weighted by molar-refractivity contribution is 5.03. The predicted molar refractivity (Wildman–Crippen MR) is 55.6 cm³/mol.